The average Bonchev–Trinajstić information content (AvgIpc) is 2.97. The van der Waals surface area contributed by atoms with Gasteiger partial charge in [-0.3, -0.25) is 9.89 Å². The largest absolute Gasteiger partial charge is 0.319 e. The lowest BCUT2D eigenvalue weighted by molar-refractivity contribution is 0.101. The van der Waals surface area contributed by atoms with Gasteiger partial charge in [-0.2, -0.15) is 0 Å². The molecule has 0 atom stereocenters. The zero-order valence-electron chi connectivity index (χ0n) is 11.9. The van der Waals surface area contributed by atoms with E-state index < -0.39 is 0 Å². The molecule has 0 bridgehead atoms. The highest BCUT2D eigenvalue weighted by Gasteiger charge is 2.14. The van der Waals surface area contributed by atoms with Gasteiger partial charge in [-0.05, 0) is 22.9 Å². The fraction of sp³-hybridized carbons (Fsp3) is 0.188. The molecule has 106 valence electrons. The summed E-state index contributed by atoms with van der Waals surface area (Å²) in [5.41, 5.74) is 0.731. The van der Waals surface area contributed by atoms with E-state index in [1.54, 1.807) is 0 Å². The lowest BCUT2D eigenvalue weighted by Gasteiger charge is -2.04. The number of hydrogen-bond acceptors (Lipinski definition) is 3. The number of fused-ring (bicyclic) bond motifs is 1. The Kier molecular flexibility index (Phi) is 3.39. The van der Waals surface area contributed by atoms with E-state index in [4.69, 9.17) is 0 Å². The van der Waals surface area contributed by atoms with Gasteiger partial charge in [-0.25, -0.2) is 4.98 Å². The van der Waals surface area contributed by atoms with Gasteiger partial charge >= 0.3 is 0 Å². The summed E-state index contributed by atoms with van der Waals surface area (Å²) in [6, 6.07) is 13.8. The predicted molar refractivity (Wildman–Crippen MR) is 82.4 cm³/mol. The summed E-state index contributed by atoms with van der Waals surface area (Å²) in [6.45, 7) is 3.98. The third kappa shape index (κ3) is 2.76. The molecule has 0 aliphatic rings. The Balaban J connectivity index is 1.81. The van der Waals surface area contributed by atoms with Crippen molar-refractivity contribution in [2.75, 3.05) is 5.32 Å². The molecule has 5 nitrogen and oxygen atoms in total. The number of aromatic amines is 1. The smallest absolute Gasteiger partial charge is 0.295 e. The van der Waals surface area contributed by atoms with E-state index in [9.17, 15) is 4.79 Å². The molecular weight excluding hydrogens is 264 g/mol. The Morgan fingerprint density at radius 1 is 1.14 bits per heavy atom. The number of rotatable bonds is 3. The Hall–Kier alpha value is -2.69. The molecule has 1 amide bonds. The fourth-order valence-corrected chi connectivity index (χ4v) is 2.09. The second-order valence-electron chi connectivity index (χ2n) is 5.22. The third-order valence-corrected chi connectivity index (χ3v) is 3.26. The molecule has 0 radical (unpaired) electrons. The minimum Gasteiger partial charge on any atom is -0.319 e. The minimum absolute atomic E-state index is 0.159. The summed E-state index contributed by atoms with van der Waals surface area (Å²) in [5, 5.41) is 11.8. The number of anilines is 1. The highest BCUT2D eigenvalue weighted by Crippen LogP contribution is 2.19. The Morgan fingerprint density at radius 3 is 2.62 bits per heavy atom. The number of H-pyrrole nitrogens is 1. The van der Waals surface area contributed by atoms with E-state index in [0.29, 0.717) is 5.82 Å². The second kappa shape index (κ2) is 5.36. The molecule has 21 heavy (non-hydrogen) atoms. The maximum absolute atomic E-state index is 12.1. The Bertz CT molecular complexity index is 792. The minimum atomic E-state index is -0.312. The monoisotopic (exact) mass is 280 g/mol. The standard InChI is InChI=1S/C16H16N4O/c1-10(2)14-18-15(20-19-14)16(21)17-13-8-7-11-5-3-4-6-12(11)9-13/h3-10H,1-2H3,(H,17,21)(H,18,19,20). The number of carbonyl (C=O) groups excluding carboxylic acids is 1. The number of amides is 1. The molecule has 0 unspecified atom stereocenters. The Morgan fingerprint density at radius 2 is 1.90 bits per heavy atom. The maximum Gasteiger partial charge on any atom is 0.295 e. The van der Waals surface area contributed by atoms with Crippen molar-refractivity contribution in [3.8, 4) is 0 Å². The molecule has 2 N–H and O–H groups in total. The van der Waals surface area contributed by atoms with Gasteiger partial charge in [0.25, 0.3) is 5.91 Å². The first-order valence-electron chi connectivity index (χ1n) is 6.86. The van der Waals surface area contributed by atoms with Crippen LogP contribution >= 0.6 is 0 Å². The maximum atomic E-state index is 12.1. The normalized spacial score (nSPS) is 11.0. The summed E-state index contributed by atoms with van der Waals surface area (Å²) < 4.78 is 0. The zero-order chi connectivity index (χ0) is 14.8. The van der Waals surface area contributed by atoms with Crippen molar-refractivity contribution in [3.63, 3.8) is 0 Å². The van der Waals surface area contributed by atoms with Crippen molar-refractivity contribution in [1.82, 2.24) is 15.2 Å². The van der Waals surface area contributed by atoms with Gasteiger partial charge < -0.3 is 5.32 Å². The van der Waals surface area contributed by atoms with E-state index in [2.05, 4.69) is 20.5 Å². The van der Waals surface area contributed by atoms with Crippen molar-refractivity contribution in [2.45, 2.75) is 19.8 Å². The second-order valence-corrected chi connectivity index (χ2v) is 5.22. The molecule has 0 spiro atoms. The number of benzene rings is 2. The van der Waals surface area contributed by atoms with E-state index in [1.165, 1.54) is 0 Å². The van der Waals surface area contributed by atoms with Crippen molar-refractivity contribution in [2.24, 2.45) is 0 Å². The van der Waals surface area contributed by atoms with E-state index in [1.807, 2.05) is 56.3 Å². The van der Waals surface area contributed by atoms with Crippen LogP contribution in [0, 0.1) is 0 Å². The van der Waals surface area contributed by atoms with Gasteiger partial charge in [-0.15, -0.1) is 5.10 Å². The van der Waals surface area contributed by atoms with Crippen LogP contribution in [0.4, 0.5) is 5.69 Å². The summed E-state index contributed by atoms with van der Waals surface area (Å²) >= 11 is 0. The molecule has 0 aliphatic heterocycles. The molecule has 3 rings (SSSR count). The number of nitrogens with zero attached hydrogens (tertiary/aromatic N) is 2. The van der Waals surface area contributed by atoms with E-state index >= 15 is 0 Å². The highest BCUT2D eigenvalue weighted by molar-refractivity contribution is 6.02. The van der Waals surface area contributed by atoms with Crippen LogP contribution in [0.1, 0.15) is 36.2 Å². The van der Waals surface area contributed by atoms with Crippen LogP contribution in [0.3, 0.4) is 0 Å². The van der Waals surface area contributed by atoms with Crippen molar-refractivity contribution >= 4 is 22.4 Å². The fourth-order valence-electron chi connectivity index (χ4n) is 2.09. The highest BCUT2D eigenvalue weighted by atomic mass is 16.2. The van der Waals surface area contributed by atoms with Crippen molar-refractivity contribution < 1.29 is 4.79 Å². The van der Waals surface area contributed by atoms with Gasteiger partial charge in [0.05, 0.1) is 0 Å². The van der Waals surface area contributed by atoms with Crippen LogP contribution in [0.25, 0.3) is 10.8 Å². The summed E-state index contributed by atoms with van der Waals surface area (Å²) in [7, 11) is 0. The molecule has 0 saturated carbocycles. The first-order valence-corrected chi connectivity index (χ1v) is 6.86. The van der Waals surface area contributed by atoms with Crippen LogP contribution < -0.4 is 5.32 Å². The molecule has 0 fully saturated rings. The van der Waals surface area contributed by atoms with Gasteiger partial charge in [0.1, 0.15) is 5.82 Å². The van der Waals surface area contributed by atoms with Crippen LogP contribution in [0.15, 0.2) is 42.5 Å². The molecule has 5 heteroatoms. The lowest BCUT2D eigenvalue weighted by Crippen LogP contribution is -2.13. The molecule has 1 aromatic heterocycles. The first kappa shape index (κ1) is 13.3. The number of aromatic nitrogens is 3. The third-order valence-electron chi connectivity index (χ3n) is 3.26. The van der Waals surface area contributed by atoms with Crippen molar-refractivity contribution in [3.05, 3.63) is 54.1 Å². The topological polar surface area (TPSA) is 70.7 Å². The number of hydrogen-bond donors (Lipinski definition) is 2. The SMILES string of the molecule is CC(C)c1nc(C(=O)Nc2ccc3ccccc3c2)n[nH]1. The first-order chi connectivity index (χ1) is 10.1. The molecule has 3 aromatic rings. The predicted octanol–water partition coefficient (Wildman–Crippen LogP) is 3.33. The zero-order valence-corrected chi connectivity index (χ0v) is 11.9. The number of nitrogens with one attached hydrogen (secondary N) is 2. The van der Waals surface area contributed by atoms with Gasteiger partial charge in [-0.1, -0.05) is 44.2 Å². The van der Waals surface area contributed by atoms with Crippen LogP contribution in [-0.2, 0) is 0 Å². The number of carbonyl (C=O) groups is 1. The lowest BCUT2D eigenvalue weighted by atomic mass is 10.1. The van der Waals surface area contributed by atoms with Crippen LogP contribution in [-0.4, -0.2) is 21.1 Å². The quantitative estimate of drug-likeness (QED) is 0.773. The summed E-state index contributed by atoms with van der Waals surface area (Å²) in [4.78, 5) is 16.3. The summed E-state index contributed by atoms with van der Waals surface area (Å²) in [6.07, 6.45) is 0. The van der Waals surface area contributed by atoms with Crippen LogP contribution in [0.2, 0.25) is 0 Å². The molecule has 1 heterocycles. The van der Waals surface area contributed by atoms with E-state index in [0.717, 1.165) is 16.5 Å². The van der Waals surface area contributed by atoms with Gasteiger partial charge in [0, 0.05) is 11.6 Å². The van der Waals surface area contributed by atoms with Crippen LogP contribution in [0.5, 0.6) is 0 Å². The molecule has 2 aromatic carbocycles. The van der Waals surface area contributed by atoms with Crippen molar-refractivity contribution in [1.29, 1.82) is 0 Å². The summed E-state index contributed by atoms with van der Waals surface area (Å²) in [5.74, 6) is 0.763. The Labute approximate surface area is 122 Å². The molecule has 0 saturated heterocycles. The van der Waals surface area contributed by atoms with E-state index in [-0.39, 0.29) is 17.6 Å². The average molecular weight is 280 g/mol. The van der Waals surface area contributed by atoms with Gasteiger partial charge in [0.15, 0.2) is 0 Å². The van der Waals surface area contributed by atoms with Gasteiger partial charge in [0.2, 0.25) is 5.82 Å². The molecule has 0 aliphatic carbocycles. The molecular formula is C16H16N4O.